The molecule has 224 valence electrons. The summed E-state index contributed by atoms with van der Waals surface area (Å²) in [5.74, 6) is 1.79. The van der Waals surface area contributed by atoms with Crippen LogP contribution in [0.3, 0.4) is 0 Å². The van der Waals surface area contributed by atoms with Gasteiger partial charge in [0.1, 0.15) is 22.1 Å². The molecule has 2 aliphatic heterocycles. The topological polar surface area (TPSA) is 113 Å². The highest BCUT2D eigenvalue weighted by Gasteiger charge is 2.26. The highest BCUT2D eigenvalue weighted by molar-refractivity contribution is 6.44. The molecule has 0 spiro atoms. The molecule has 44 heavy (non-hydrogen) atoms. The summed E-state index contributed by atoms with van der Waals surface area (Å²) in [6, 6.07) is 9.74. The Hall–Kier alpha value is -4.45. The van der Waals surface area contributed by atoms with E-state index in [0.717, 1.165) is 25.1 Å². The third-order valence-electron chi connectivity index (χ3n) is 8.01. The lowest BCUT2D eigenvalue weighted by Crippen LogP contribution is -2.48. The number of aromatic nitrogens is 5. The molecule has 11 nitrogen and oxygen atoms in total. The van der Waals surface area contributed by atoms with Crippen molar-refractivity contribution in [3.63, 3.8) is 0 Å². The minimum Gasteiger partial charge on any atom is -0.435 e. The van der Waals surface area contributed by atoms with Gasteiger partial charge in [-0.1, -0.05) is 41.9 Å². The summed E-state index contributed by atoms with van der Waals surface area (Å²) in [6.45, 7) is 7.56. The Morgan fingerprint density at radius 3 is 2.73 bits per heavy atom. The van der Waals surface area contributed by atoms with Crippen molar-refractivity contribution in [3.05, 3.63) is 76.6 Å². The molecule has 1 saturated heterocycles. The zero-order valence-corrected chi connectivity index (χ0v) is 25.4. The number of anilines is 1. The number of amides is 1. The van der Waals surface area contributed by atoms with E-state index in [4.69, 9.17) is 42.6 Å². The third-order valence-corrected chi connectivity index (χ3v) is 8.78. The molecule has 0 atom stereocenters. The van der Waals surface area contributed by atoms with Gasteiger partial charge >= 0.3 is 6.01 Å². The summed E-state index contributed by atoms with van der Waals surface area (Å²) < 4.78 is 12.8. The van der Waals surface area contributed by atoms with Crippen LogP contribution in [-0.4, -0.2) is 80.6 Å². The maximum Gasteiger partial charge on any atom is 0.324 e. The lowest BCUT2D eigenvalue weighted by atomic mass is 9.99. The molecule has 0 unspecified atom stereocenters. The summed E-state index contributed by atoms with van der Waals surface area (Å²) in [4.78, 5) is 32.7. The number of likely N-dealkylation sites (N-methyl/N-ethyl adjacent to an activating group) is 1. The number of rotatable bonds is 6. The van der Waals surface area contributed by atoms with Crippen molar-refractivity contribution in [1.29, 1.82) is 0 Å². The number of halogens is 2. The molecule has 5 heterocycles. The van der Waals surface area contributed by atoms with Gasteiger partial charge in [-0.2, -0.15) is 15.1 Å². The average molecular weight is 632 g/mol. The van der Waals surface area contributed by atoms with E-state index in [0.29, 0.717) is 70.3 Å². The van der Waals surface area contributed by atoms with Gasteiger partial charge in [0.15, 0.2) is 5.75 Å². The number of hydrogen-bond acceptors (Lipinski definition) is 9. The number of aromatic amines is 1. The Morgan fingerprint density at radius 1 is 1.07 bits per heavy atom. The fourth-order valence-corrected chi connectivity index (χ4v) is 6.12. The highest BCUT2D eigenvalue weighted by atomic mass is 35.5. The molecule has 5 aromatic rings. The smallest absolute Gasteiger partial charge is 0.324 e. The Kier molecular flexibility index (Phi) is 7.45. The largest absolute Gasteiger partial charge is 0.435 e. The molecule has 1 amide bonds. The molecule has 2 aromatic carbocycles. The Bertz CT molecular complexity index is 1920. The third kappa shape index (κ3) is 5.17. The average Bonchev–Trinajstić information content (AvgIpc) is 3.51. The van der Waals surface area contributed by atoms with E-state index < -0.39 is 0 Å². The number of benzene rings is 2. The second kappa shape index (κ2) is 11.6. The van der Waals surface area contributed by atoms with Crippen molar-refractivity contribution in [2.75, 3.05) is 44.7 Å². The lowest BCUT2D eigenvalue weighted by molar-refractivity contribution is -0.126. The number of nitrogens with one attached hydrogen (secondary N) is 1. The van der Waals surface area contributed by atoms with Gasteiger partial charge in [0.05, 0.1) is 27.5 Å². The molecular weight excluding hydrogens is 603 g/mol. The second-order valence-electron chi connectivity index (χ2n) is 10.8. The van der Waals surface area contributed by atoms with Crippen molar-refractivity contribution in [2.24, 2.45) is 0 Å². The van der Waals surface area contributed by atoms with Crippen molar-refractivity contribution < 1.29 is 14.3 Å². The van der Waals surface area contributed by atoms with Crippen LogP contribution in [0.15, 0.2) is 55.4 Å². The van der Waals surface area contributed by atoms with E-state index in [2.05, 4.69) is 44.7 Å². The highest BCUT2D eigenvalue weighted by Crippen LogP contribution is 2.42. The summed E-state index contributed by atoms with van der Waals surface area (Å²) in [6.07, 6.45) is 5.45. The molecule has 0 saturated carbocycles. The van der Waals surface area contributed by atoms with Gasteiger partial charge in [0.25, 0.3) is 0 Å². The van der Waals surface area contributed by atoms with Crippen molar-refractivity contribution in [3.8, 4) is 23.4 Å². The van der Waals surface area contributed by atoms with E-state index in [1.165, 1.54) is 11.6 Å². The molecule has 1 fully saturated rings. The number of fused-ring (bicyclic) bond motifs is 3. The molecule has 0 bridgehead atoms. The first-order chi connectivity index (χ1) is 21.4. The number of ether oxygens (including phenoxy) is 2. The maximum atomic E-state index is 12.2. The summed E-state index contributed by atoms with van der Waals surface area (Å²) in [7, 11) is 2.11. The zero-order chi connectivity index (χ0) is 30.4. The van der Waals surface area contributed by atoms with Crippen LogP contribution >= 0.6 is 23.2 Å². The van der Waals surface area contributed by atoms with Crippen LogP contribution in [0.2, 0.25) is 10.0 Å². The molecule has 1 N–H and O–H groups in total. The van der Waals surface area contributed by atoms with Crippen LogP contribution < -0.4 is 14.4 Å². The van der Waals surface area contributed by atoms with E-state index in [-0.39, 0.29) is 22.8 Å². The standard InChI is InChI=1S/C31H28Cl2N8O3/c1-3-25(42)40-11-13-41(14-12-40)29-20-7-9-34-30(44-28-21-16-35-38-23(21)15-22(32)26(28)33)27(20)36-31(37-29)43-24-6-4-5-18-17-39(2)10-8-19(18)24/h3-7,9,15-16H,1,8,10-14,17H2,2H3,(H,35,38). The van der Waals surface area contributed by atoms with Gasteiger partial charge in [-0.25, -0.2) is 4.98 Å². The molecule has 3 aromatic heterocycles. The van der Waals surface area contributed by atoms with Gasteiger partial charge < -0.3 is 24.2 Å². The monoisotopic (exact) mass is 630 g/mol. The van der Waals surface area contributed by atoms with Gasteiger partial charge in [-0.3, -0.25) is 9.89 Å². The van der Waals surface area contributed by atoms with Gasteiger partial charge in [0, 0.05) is 51.0 Å². The van der Waals surface area contributed by atoms with Gasteiger partial charge in [-0.05, 0) is 43.3 Å². The Labute approximate surface area is 263 Å². The quantitative estimate of drug-likeness (QED) is 0.239. The van der Waals surface area contributed by atoms with Gasteiger partial charge in [-0.15, -0.1) is 0 Å². The fourth-order valence-electron chi connectivity index (χ4n) is 5.73. The second-order valence-corrected chi connectivity index (χ2v) is 11.6. The van der Waals surface area contributed by atoms with E-state index >= 15 is 0 Å². The van der Waals surface area contributed by atoms with E-state index in [9.17, 15) is 4.79 Å². The van der Waals surface area contributed by atoms with Crippen molar-refractivity contribution in [2.45, 2.75) is 13.0 Å². The molecule has 7 rings (SSSR count). The number of nitrogens with zero attached hydrogens (tertiary/aromatic N) is 7. The predicted molar refractivity (Wildman–Crippen MR) is 169 cm³/mol. The minimum atomic E-state index is -0.0930. The predicted octanol–water partition coefficient (Wildman–Crippen LogP) is 5.62. The van der Waals surface area contributed by atoms with Crippen LogP contribution in [0.4, 0.5) is 5.82 Å². The van der Waals surface area contributed by atoms with Crippen LogP contribution in [0, 0.1) is 0 Å². The summed E-state index contributed by atoms with van der Waals surface area (Å²) in [5, 5.41) is 8.92. The molecule has 13 heteroatoms. The van der Waals surface area contributed by atoms with Crippen LogP contribution in [-0.2, 0) is 17.8 Å². The Balaban J connectivity index is 1.33. The molecule has 0 aliphatic carbocycles. The van der Waals surface area contributed by atoms with Crippen LogP contribution in [0.5, 0.6) is 23.4 Å². The number of carbonyl (C=O) groups excluding carboxylic acids is 1. The summed E-state index contributed by atoms with van der Waals surface area (Å²) >= 11 is 13.0. The fraction of sp³-hybridized carbons (Fsp3) is 0.258. The molecule has 0 radical (unpaired) electrons. The number of carbonyl (C=O) groups is 1. The van der Waals surface area contributed by atoms with E-state index in [1.54, 1.807) is 23.4 Å². The first kappa shape index (κ1) is 28.3. The first-order valence-electron chi connectivity index (χ1n) is 14.2. The summed E-state index contributed by atoms with van der Waals surface area (Å²) in [5.41, 5.74) is 3.46. The van der Waals surface area contributed by atoms with Crippen LogP contribution in [0.25, 0.3) is 21.8 Å². The minimum absolute atomic E-state index is 0.0930. The maximum absolute atomic E-state index is 12.2. The Morgan fingerprint density at radius 2 is 1.91 bits per heavy atom. The lowest BCUT2D eigenvalue weighted by Gasteiger charge is -2.35. The molecular formula is C31H28Cl2N8O3. The SMILES string of the molecule is C=CC(=O)N1CCN(c2nc(Oc3cccc4c3CCN(C)C4)nc3c(Oc4c(Cl)c(Cl)cc5[nH]ncc45)nccc23)CC1. The van der Waals surface area contributed by atoms with Crippen molar-refractivity contribution >= 4 is 56.7 Å². The number of pyridine rings is 1. The van der Waals surface area contributed by atoms with Gasteiger partial charge in [0.2, 0.25) is 11.8 Å². The number of hydrogen-bond donors (Lipinski definition) is 1. The van der Waals surface area contributed by atoms with Crippen LogP contribution in [0.1, 0.15) is 11.1 Å². The normalized spacial score (nSPS) is 15.4. The number of piperazine rings is 1. The zero-order valence-electron chi connectivity index (χ0n) is 23.9. The number of H-pyrrole nitrogens is 1. The first-order valence-corrected chi connectivity index (χ1v) is 14.9. The van der Waals surface area contributed by atoms with E-state index in [1.807, 2.05) is 18.2 Å². The van der Waals surface area contributed by atoms with Crippen molar-refractivity contribution in [1.82, 2.24) is 34.9 Å². The molecule has 2 aliphatic rings.